The molecule has 1 aliphatic rings. The molecule has 1 amide bonds. The summed E-state index contributed by atoms with van der Waals surface area (Å²) in [5, 5.41) is 17.1. The number of amides is 1. The molecule has 7 nitrogen and oxygen atoms in total. The lowest BCUT2D eigenvalue weighted by Gasteiger charge is -2.41. The summed E-state index contributed by atoms with van der Waals surface area (Å²) in [6, 6.07) is 1.41. The highest BCUT2D eigenvalue weighted by Gasteiger charge is 2.42. The van der Waals surface area contributed by atoms with Gasteiger partial charge in [-0.1, -0.05) is 13.8 Å². The molecule has 2 aromatic heterocycles. The van der Waals surface area contributed by atoms with Crippen LogP contribution in [0.15, 0.2) is 24.7 Å². The number of hydrogen-bond donors (Lipinski definition) is 2. The predicted octanol–water partition coefficient (Wildman–Crippen LogP) is 1.21. The number of nitrogens with zero attached hydrogens (tertiary/aromatic N) is 4. The number of rotatable bonds is 4. The summed E-state index contributed by atoms with van der Waals surface area (Å²) in [6.45, 7) is 5.81. The zero-order chi connectivity index (χ0) is 16.6. The number of aliphatic hydroxyl groups excluding tert-OH is 1. The van der Waals surface area contributed by atoms with Gasteiger partial charge in [-0.25, -0.2) is 9.97 Å². The zero-order valence-corrected chi connectivity index (χ0v) is 13.5. The highest BCUT2D eigenvalue weighted by atomic mass is 16.3. The van der Waals surface area contributed by atoms with Gasteiger partial charge in [0.2, 0.25) is 0 Å². The van der Waals surface area contributed by atoms with Crippen LogP contribution in [0.25, 0.3) is 0 Å². The molecular formula is C16H21N5O2. The maximum atomic E-state index is 12.6. The number of aryl methyl sites for hydroxylation is 1. The Bertz CT molecular complexity index is 699. The molecule has 2 heterocycles. The van der Waals surface area contributed by atoms with Gasteiger partial charge in [0.25, 0.3) is 5.91 Å². The second-order valence-electron chi connectivity index (χ2n) is 6.23. The molecule has 1 saturated carbocycles. The van der Waals surface area contributed by atoms with E-state index < -0.39 is 6.10 Å². The van der Waals surface area contributed by atoms with Crippen molar-refractivity contribution in [3.8, 4) is 0 Å². The molecule has 0 aromatic carbocycles. The third-order valence-corrected chi connectivity index (χ3v) is 4.18. The van der Waals surface area contributed by atoms with Gasteiger partial charge in [-0.15, -0.1) is 0 Å². The summed E-state index contributed by atoms with van der Waals surface area (Å²) in [6.07, 6.45) is 5.04. The summed E-state index contributed by atoms with van der Waals surface area (Å²) < 4.78 is 1.69. The first kappa shape index (κ1) is 15.6. The molecule has 122 valence electrons. The number of carbonyl (C=O) groups is 1. The molecule has 0 radical (unpaired) electrons. The first-order valence-electron chi connectivity index (χ1n) is 7.79. The summed E-state index contributed by atoms with van der Waals surface area (Å²) in [5.74, 6) is 0.577. The SMILES string of the molecule is Cc1ncc(C(=O)N[C@H]2C[C@@H](O)[C@@H]2n2cccn2)c(C(C)C)n1. The second-order valence-corrected chi connectivity index (χ2v) is 6.23. The Morgan fingerprint density at radius 3 is 2.87 bits per heavy atom. The van der Waals surface area contributed by atoms with E-state index in [1.54, 1.807) is 29.3 Å². The van der Waals surface area contributed by atoms with Crippen LogP contribution in [0.4, 0.5) is 0 Å². The number of aliphatic hydroxyl groups is 1. The average Bonchev–Trinajstić information content (AvgIpc) is 2.99. The van der Waals surface area contributed by atoms with Crippen LogP contribution in [0.3, 0.4) is 0 Å². The van der Waals surface area contributed by atoms with Crippen molar-refractivity contribution in [2.24, 2.45) is 0 Å². The monoisotopic (exact) mass is 315 g/mol. The lowest BCUT2D eigenvalue weighted by molar-refractivity contribution is -0.00591. The standard InChI is InChI=1S/C16H21N5O2/c1-9(2)14-11(8-17-10(3)19-14)16(23)20-12-7-13(22)15(12)21-6-4-5-18-21/h4-6,8-9,12-13,15,22H,7H2,1-3H3,(H,20,23)/t12-,13+,15+/m0/s1. The molecular weight excluding hydrogens is 294 g/mol. The van der Waals surface area contributed by atoms with Crippen LogP contribution in [-0.2, 0) is 0 Å². The van der Waals surface area contributed by atoms with Crippen molar-refractivity contribution >= 4 is 5.91 Å². The molecule has 2 aromatic rings. The fraction of sp³-hybridized carbons (Fsp3) is 0.500. The van der Waals surface area contributed by atoms with E-state index in [1.807, 2.05) is 20.8 Å². The molecule has 2 N–H and O–H groups in total. The van der Waals surface area contributed by atoms with E-state index in [9.17, 15) is 9.90 Å². The normalized spacial score (nSPS) is 23.6. The Morgan fingerprint density at radius 1 is 1.48 bits per heavy atom. The van der Waals surface area contributed by atoms with Gasteiger partial charge in [-0.05, 0) is 25.3 Å². The summed E-state index contributed by atoms with van der Waals surface area (Å²) >= 11 is 0. The minimum Gasteiger partial charge on any atom is -0.391 e. The highest BCUT2D eigenvalue weighted by molar-refractivity contribution is 5.95. The van der Waals surface area contributed by atoms with Crippen molar-refractivity contribution in [2.45, 2.75) is 51.3 Å². The summed E-state index contributed by atoms with van der Waals surface area (Å²) in [5.41, 5.74) is 1.23. The van der Waals surface area contributed by atoms with Crippen molar-refractivity contribution in [1.29, 1.82) is 0 Å². The van der Waals surface area contributed by atoms with Gasteiger partial charge in [-0.2, -0.15) is 5.10 Å². The Hall–Kier alpha value is -2.28. The van der Waals surface area contributed by atoms with Gasteiger partial charge in [0.05, 0.1) is 29.4 Å². The van der Waals surface area contributed by atoms with Crippen LogP contribution in [0.5, 0.6) is 0 Å². The van der Waals surface area contributed by atoms with E-state index in [2.05, 4.69) is 20.4 Å². The highest BCUT2D eigenvalue weighted by Crippen LogP contribution is 2.32. The fourth-order valence-corrected chi connectivity index (χ4v) is 2.92. The first-order valence-corrected chi connectivity index (χ1v) is 7.79. The largest absolute Gasteiger partial charge is 0.391 e. The van der Waals surface area contributed by atoms with Gasteiger partial charge in [0.15, 0.2) is 0 Å². The Labute approximate surface area is 134 Å². The van der Waals surface area contributed by atoms with Gasteiger partial charge < -0.3 is 10.4 Å². The van der Waals surface area contributed by atoms with Crippen molar-refractivity contribution in [3.63, 3.8) is 0 Å². The molecule has 7 heteroatoms. The first-order chi connectivity index (χ1) is 11.0. The molecule has 23 heavy (non-hydrogen) atoms. The third-order valence-electron chi connectivity index (χ3n) is 4.18. The van der Waals surface area contributed by atoms with E-state index in [4.69, 9.17) is 0 Å². The molecule has 1 fully saturated rings. The summed E-state index contributed by atoms with van der Waals surface area (Å²) in [4.78, 5) is 21.1. The van der Waals surface area contributed by atoms with Gasteiger partial charge >= 0.3 is 0 Å². The molecule has 0 unspecified atom stereocenters. The average molecular weight is 315 g/mol. The molecule has 0 bridgehead atoms. The minimum absolute atomic E-state index is 0.131. The Morgan fingerprint density at radius 2 is 2.26 bits per heavy atom. The van der Waals surface area contributed by atoms with Crippen LogP contribution in [-0.4, -0.2) is 42.9 Å². The number of nitrogens with one attached hydrogen (secondary N) is 1. The lowest BCUT2D eigenvalue weighted by atomic mass is 9.82. The summed E-state index contributed by atoms with van der Waals surface area (Å²) in [7, 11) is 0. The van der Waals surface area contributed by atoms with E-state index in [0.717, 1.165) is 5.69 Å². The second kappa shape index (κ2) is 6.08. The van der Waals surface area contributed by atoms with Crippen molar-refractivity contribution in [2.75, 3.05) is 0 Å². The molecule has 0 saturated heterocycles. The molecule has 1 aliphatic carbocycles. The van der Waals surface area contributed by atoms with Gasteiger partial charge in [0, 0.05) is 18.6 Å². The van der Waals surface area contributed by atoms with Crippen LogP contribution in [0.2, 0.25) is 0 Å². The minimum atomic E-state index is -0.501. The van der Waals surface area contributed by atoms with Crippen molar-refractivity contribution in [1.82, 2.24) is 25.1 Å². The molecule has 0 aliphatic heterocycles. The van der Waals surface area contributed by atoms with E-state index in [-0.39, 0.29) is 23.9 Å². The van der Waals surface area contributed by atoms with Crippen LogP contribution < -0.4 is 5.32 Å². The maximum Gasteiger partial charge on any atom is 0.255 e. The van der Waals surface area contributed by atoms with Gasteiger partial charge in [0.1, 0.15) is 5.82 Å². The fourth-order valence-electron chi connectivity index (χ4n) is 2.92. The van der Waals surface area contributed by atoms with Crippen LogP contribution in [0, 0.1) is 6.92 Å². The molecule has 0 spiro atoms. The van der Waals surface area contributed by atoms with E-state index >= 15 is 0 Å². The predicted molar refractivity (Wildman–Crippen MR) is 84.0 cm³/mol. The van der Waals surface area contributed by atoms with Crippen molar-refractivity contribution < 1.29 is 9.90 Å². The van der Waals surface area contributed by atoms with E-state index in [0.29, 0.717) is 17.8 Å². The smallest absolute Gasteiger partial charge is 0.255 e. The topological polar surface area (TPSA) is 92.9 Å². The van der Waals surface area contributed by atoms with Crippen molar-refractivity contribution in [3.05, 3.63) is 41.7 Å². The van der Waals surface area contributed by atoms with E-state index in [1.165, 1.54) is 0 Å². The van der Waals surface area contributed by atoms with Crippen LogP contribution >= 0.6 is 0 Å². The quantitative estimate of drug-likeness (QED) is 0.884. The number of carbonyl (C=O) groups excluding carboxylic acids is 1. The van der Waals surface area contributed by atoms with Crippen LogP contribution in [0.1, 0.15) is 54.1 Å². The third kappa shape index (κ3) is 2.96. The Kier molecular flexibility index (Phi) is 4.12. The number of hydrogen-bond acceptors (Lipinski definition) is 5. The molecule has 3 rings (SSSR count). The lowest BCUT2D eigenvalue weighted by Crippen LogP contribution is -2.56. The van der Waals surface area contributed by atoms with Gasteiger partial charge in [-0.3, -0.25) is 9.48 Å². The molecule has 3 atom stereocenters. The Balaban J connectivity index is 1.78. The number of aromatic nitrogens is 4. The zero-order valence-electron chi connectivity index (χ0n) is 13.5. The maximum absolute atomic E-state index is 12.6.